The standard InChI is InChI=1S/C16H14F4N2O3S/c17-12-4-1-3-11(9-12)13-10-25-8-7-22(13)26(23,24)14-5-2-6-21-15(14)16(18,19)20/h1-6,9,13H,7-8,10H2. The van der Waals surface area contributed by atoms with E-state index < -0.39 is 38.6 Å². The summed E-state index contributed by atoms with van der Waals surface area (Å²) in [5.41, 5.74) is -1.18. The Balaban J connectivity index is 2.08. The second-order valence-corrected chi connectivity index (χ2v) is 7.47. The van der Waals surface area contributed by atoms with E-state index in [1.54, 1.807) is 0 Å². The van der Waals surface area contributed by atoms with Crippen molar-refractivity contribution in [2.45, 2.75) is 17.1 Å². The van der Waals surface area contributed by atoms with Crippen LogP contribution in [0.15, 0.2) is 47.5 Å². The maximum Gasteiger partial charge on any atom is 0.434 e. The fourth-order valence-electron chi connectivity index (χ4n) is 2.79. The molecule has 0 N–H and O–H groups in total. The van der Waals surface area contributed by atoms with Crippen molar-refractivity contribution in [3.05, 3.63) is 59.7 Å². The number of rotatable bonds is 3. The average molecular weight is 390 g/mol. The lowest BCUT2D eigenvalue weighted by Gasteiger charge is -2.35. The van der Waals surface area contributed by atoms with Gasteiger partial charge in [-0.15, -0.1) is 0 Å². The minimum atomic E-state index is -4.93. The van der Waals surface area contributed by atoms with E-state index in [9.17, 15) is 26.0 Å². The molecular formula is C16H14F4N2O3S. The summed E-state index contributed by atoms with van der Waals surface area (Å²) in [4.78, 5) is 2.27. The third-order valence-corrected chi connectivity index (χ3v) is 5.88. The van der Waals surface area contributed by atoms with E-state index >= 15 is 0 Å². The smallest absolute Gasteiger partial charge is 0.378 e. The summed E-state index contributed by atoms with van der Waals surface area (Å²) in [6.07, 6.45) is -4.05. The highest BCUT2D eigenvalue weighted by Crippen LogP contribution is 2.36. The molecule has 1 aromatic carbocycles. The molecule has 3 rings (SSSR count). The lowest BCUT2D eigenvalue weighted by molar-refractivity contribution is -0.143. The molecule has 2 aromatic rings. The number of hydrogen-bond donors (Lipinski definition) is 0. The third-order valence-electron chi connectivity index (χ3n) is 3.94. The van der Waals surface area contributed by atoms with Crippen molar-refractivity contribution in [1.82, 2.24) is 9.29 Å². The van der Waals surface area contributed by atoms with Gasteiger partial charge in [0.1, 0.15) is 10.7 Å². The Hall–Kier alpha value is -2.04. The number of benzene rings is 1. The van der Waals surface area contributed by atoms with Gasteiger partial charge >= 0.3 is 6.18 Å². The summed E-state index contributed by atoms with van der Waals surface area (Å²) >= 11 is 0. The van der Waals surface area contributed by atoms with Gasteiger partial charge in [-0.1, -0.05) is 12.1 Å². The number of pyridine rings is 1. The number of halogens is 4. The molecule has 0 saturated carbocycles. The van der Waals surface area contributed by atoms with Crippen molar-refractivity contribution in [3.8, 4) is 0 Å². The number of hydrogen-bond acceptors (Lipinski definition) is 4. The van der Waals surface area contributed by atoms with Crippen LogP contribution in [0.4, 0.5) is 17.6 Å². The summed E-state index contributed by atoms with van der Waals surface area (Å²) in [5, 5.41) is 0. The summed E-state index contributed by atoms with van der Waals surface area (Å²) in [5.74, 6) is -0.581. The van der Waals surface area contributed by atoms with Crippen LogP contribution in [0.1, 0.15) is 17.3 Å². The molecule has 5 nitrogen and oxygen atoms in total. The van der Waals surface area contributed by atoms with E-state index in [0.717, 1.165) is 28.7 Å². The molecule has 2 heterocycles. The van der Waals surface area contributed by atoms with Crippen molar-refractivity contribution in [1.29, 1.82) is 0 Å². The van der Waals surface area contributed by atoms with Gasteiger partial charge in [-0.3, -0.25) is 4.98 Å². The van der Waals surface area contributed by atoms with E-state index in [4.69, 9.17) is 4.74 Å². The average Bonchev–Trinajstić information content (AvgIpc) is 2.61. The molecule has 1 fully saturated rings. The van der Waals surface area contributed by atoms with E-state index in [2.05, 4.69) is 4.98 Å². The maximum absolute atomic E-state index is 13.5. The summed E-state index contributed by atoms with van der Waals surface area (Å²) < 4.78 is 85.2. The van der Waals surface area contributed by atoms with Gasteiger partial charge in [0.05, 0.1) is 19.3 Å². The van der Waals surface area contributed by atoms with Crippen LogP contribution in [0.2, 0.25) is 0 Å². The summed E-state index contributed by atoms with van der Waals surface area (Å²) in [6.45, 7) is -0.230. The van der Waals surface area contributed by atoms with Crippen molar-refractivity contribution in [3.63, 3.8) is 0 Å². The van der Waals surface area contributed by atoms with Crippen molar-refractivity contribution in [2.24, 2.45) is 0 Å². The first-order valence-corrected chi connectivity index (χ1v) is 9.02. The Labute approximate surface area is 147 Å². The van der Waals surface area contributed by atoms with Crippen LogP contribution in [0.3, 0.4) is 0 Å². The molecule has 140 valence electrons. The molecule has 0 spiro atoms. The van der Waals surface area contributed by atoms with Crippen molar-refractivity contribution >= 4 is 10.0 Å². The highest BCUT2D eigenvalue weighted by Gasteiger charge is 2.43. The van der Waals surface area contributed by atoms with Crippen LogP contribution < -0.4 is 0 Å². The van der Waals surface area contributed by atoms with Crippen LogP contribution in [0.25, 0.3) is 0 Å². The first-order valence-electron chi connectivity index (χ1n) is 7.58. The minimum absolute atomic E-state index is 0.0205. The topological polar surface area (TPSA) is 59.5 Å². The SMILES string of the molecule is O=S(=O)(c1cccnc1C(F)(F)F)N1CCOCC1c1cccc(F)c1. The molecular weight excluding hydrogens is 376 g/mol. The molecule has 0 aliphatic carbocycles. The lowest BCUT2D eigenvalue weighted by Crippen LogP contribution is -2.43. The quantitative estimate of drug-likeness (QED) is 0.756. The fraction of sp³-hybridized carbons (Fsp3) is 0.312. The molecule has 0 amide bonds. The van der Waals surface area contributed by atoms with Gasteiger partial charge in [0.25, 0.3) is 0 Å². The highest BCUT2D eigenvalue weighted by atomic mass is 32.2. The predicted molar refractivity (Wildman–Crippen MR) is 83.1 cm³/mol. The van der Waals surface area contributed by atoms with Crippen LogP contribution in [0, 0.1) is 5.82 Å². The number of morpholine rings is 1. The molecule has 1 aliphatic rings. The molecule has 1 aliphatic heterocycles. The van der Waals surface area contributed by atoms with E-state index in [0.29, 0.717) is 5.56 Å². The van der Waals surface area contributed by atoms with Crippen LogP contribution in [-0.2, 0) is 20.9 Å². The zero-order valence-electron chi connectivity index (χ0n) is 13.3. The maximum atomic E-state index is 13.5. The van der Waals surface area contributed by atoms with Gasteiger partial charge in [-0.25, -0.2) is 12.8 Å². The van der Waals surface area contributed by atoms with Gasteiger partial charge in [-0.05, 0) is 29.8 Å². The number of ether oxygens (including phenoxy) is 1. The van der Waals surface area contributed by atoms with E-state index in [-0.39, 0.29) is 19.8 Å². The molecule has 0 radical (unpaired) electrons. The van der Waals surface area contributed by atoms with Crippen molar-refractivity contribution < 1.29 is 30.7 Å². The van der Waals surface area contributed by atoms with E-state index in [1.165, 1.54) is 18.2 Å². The number of nitrogens with zero attached hydrogens (tertiary/aromatic N) is 2. The van der Waals surface area contributed by atoms with Gasteiger partial charge in [0, 0.05) is 12.7 Å². The second-order valence-electron chi connectivity index (χ2n) is 5.61. The van der Waals surface area contributed by atoms with Gasteiger partial charge < -0.3 is 4.74 Å². The first-order chi connectivity index (χ1) is 12.2. The first kappa shape index (κ1) is 18.7. The Morgan fingerprint density at radius 2 is 1.96 bits per heavy atom. The molecule has 1 saturated heterocycles. The predicted octanol–water partition coefficient (Wildman–Crippen LogP) is 3.00. The van der Waals surface area contributed by atoms with Gasteiger partial charge in [0.2, 0.25) is 10.0 Å². The van der Waals surface area contributed by atoms with Crippen LogP contribution in [0.5, 0.6) is 0 Å². The van der Waals surface area contributed by atoms with E-state index in [1.807, 2.05) is 0 Å². The number of sulfonamides is 1. The highest BCUT2D eigenvalue weighted by molar-refractivity contribution is 7.89. The van der Waals surface area contributed by atoms with Crippen LogP contribution >= 0.6 is 0 Å². The lowest BCUT2D eigenvalue weighted by atomic mass is 10.1. The number of aromatic nitrogens is 1. The molecule has 0 bridgehead atoms. The Morgan fingerprint density at radius 3 is 2.65 bits per heavy atom. The molecule has 1 aromatic heterocycles. The molecule has 26 heavy (non-hydrogen) atoms. The van der Waals surface area contributed by atoms with Gasteiger partial charge in [0.15, 0.2) is 5.69 Å². The largest absolute Gasteiger partial charge is 0.434 e. The molecule has 1 atom stereocenters. The fourth-order valence-corrected chi connectivity index (χ4v) is 4.54. The normalized spacial score (nSPS) is 19.5. The summed E-state index contributed by atoms with van der Waals surface area (Å²) in [7, 11) is -4.54. The zero-order valence-corrected chi connectivity index (χ0v) is 14.1. The Bertz CT molecular complexity index is 902. The number of alkyl halides is 3. The van der Waals surface area contributed by atoms with Crippen molar-refractivity contribution in [2.75, 3.05) is 19.8 Å². The minimum Gasteiger partial charge on any atom is -0.378 e. The second kappa shape index (κ2) is 6.93. The van der Waals surface area contributed by atoms with Gasteiger partial charge in [-0.2, -0.15) is 17.5 Å². The molecule has 1 unspecified atom stereocenters. The molecule has 10 heteroatoms. The van der Waals surface area contributed by atoms with Crippen LogP contribution in [-0.4, -0.2) is 37.5 Å². The summed E-state index contributed by atoms with van der Waals surface area (Å²) in [6, 6.07) is 6.27. The third kappa shape index (κ3) is 3.57. The zero-order chi connectivity index (χ0) is 18.9. The monoisotopic (exact) mass is 390 g/mol. The Morgan fingerprint density at radius 1 is 1.19 bits per heavy atom. The Kier molecular flexibility index (Phi) is 5.00.